The van der Waals surface area contributed by atoms with Crippen molar-refractivity contribution in [3.63, 3.8) is 0 Å². The molecule has 0 aromatic heterocycles. The van der Waals surface area contributed by atoms with Crippen LogP contribution in [0.3, 0.4) is 0 Å². The average molecular weight is 1160 g/mol. The largest absolute Gasteiger partial charge is 0.394 e. The van der Waals surface area contributed by atoms with Gasteiger partial charge in [0.1, 0.15) is 17.0 Å². The molecule has 482 valence electrons. The van der Waals surface area contributed by atoms with Crippen molar-refractivity contribution in [3.8, 4) is 0 Å². The summed E-state index contributed by atoms with van der Waals surface area (Å²) in [4.78, 5) is 0. The van der Waals surface area contributed by atoms with Gasteiger partial charge in [-0.1, -0.05) is 248 Å². The summed E-state index contributed by atoms with van der Waals surface area (Å²) in [5.74, 6) is -1.60. The molecule has 0 aliphatic heterocycles. The molecule has 0 saturated heterocycles. The van der Waals surface area contributed by atoms with Gasteiger partial charge in [-0.2, -0.15) is 26.3 Å². The normalized spacial score (nSPS) is 19.5. The van der Waals surface area contributed by atoms with Crippen molar-refractivity contribution in [3.05, 3.63) is 0 Å². The van der Waals surface area contributed by atoms with Crippen molar-refractivity contribution in [1.29, 1.82) is 0 Å². The van der Waals surface area contributed by atoms with E-state index in [0.717, 1.165) is 89.4 Å². The Balaban J connectivity index is -0.000000419. The lowest BCUT2D eigenvalue weighted by Crippen LogP contribution is -2.47. The highest BCUT2D eigenvalue weighted by Crippen LogP contribution is 2.55. The molecule has 1 spiro atoms. The third-order valence-electron chi connectivity index (χ3n) is 18.2. The summed E-state index contributed by atoms with van der Waals surface area (Å²) in [5.41, 5.74) is -4.30. The number of rotatable bonds is 14. The highest BCUT2D eigenvalue weighted by molar-refractivity contribution is 4.94. The van der Waals surface area contributed by atoms with Crippen molar-refractivity contribution < 1.29 is 48.3 Å². The van der Waals surface area contributed by atoms with Gasteiger partial charge in [-0.3, -0.25) is 0 Å². The smallest absolute Gasteiger partial charge is 0.244 e. The maximum atomic E-state index is 14.4. The third kappa shape index (κ3) is 36.6. The summed E-state index contributed by atoms with van der Waals surface area (Å²) in [5, 5.41) is 0. The molecule has 0 N–H and O–H groups in total. The molecule has 0 unspecified atom stereocenters. The van der Waals surface area contributed by atoms with E-state index in [9.17, 15) is 48.3 Å². The zero-order valence-corrected chi connectivity index (χ0v) is 56.3. The molecular weight excluding hydrogens is 1030 g/mol. The monoisotopic (exact) mass is 1160 g/mol. The minimum absolute atomic E-state index is 0.140. The van der Waals surface area contributed by atoms with Gasteiger partial charge < -0.3 is 0 Å². The van der Waals surface area contributed by atoms with Gasteiger partial charge in [0.25, 0.3) is 0 Å². The first-order valence-corrected chi connectivity index (χ1v) is 32.2. The highest BCUT2D eigenvalue weighted by atomic mass is 19.4. The second-order valence-electron chi connectivity index (χ2n) is 29.2. The van der Waals surface area contributed by atoms with Gasteiger partial charge in [0.15, 0.2) is 0 Å². The van der Waals surface area contributed by atoms with E-state index in [1.54, 1.807) is 20.8 Å². The Kier molecular flexibility index (Phi) is 41.1. The van der Waals surface area contributed by atoms with Crippen molar-refractivity contribution >= 4 is 0 Å². The van der Waals surface area contributed by atoms with Crippen molar-refractivity contribution in [2.24, 2.45) is 56.7 Å². The van der Waals surface area contributed by atoms with Crippen LogP contribution in [0.5, 0.6) is 0 Å². The fourth-order valence-electron chi connectivity index (χ4n) is 11.8. The highest BCUT2D eigenvalue weighted by Gasteiger charge is 2.57. The Morgan fingerprint density at radius 2 is 0.671 bits per heavy atom. The van der Waals surface area contributed by atoms with E-state index in [-0.39, 0.29) is 36.5 Å². The molecule has 0 atom stereocenters. The molecular formula is C68H133F11. The predicted molar refractivity (Wildman–Crippen MR) is 324 cm³/mol. The fraction of sp³-hybridized carbons (Fsp3) is 1.00. The van der Waals surface area contributed by atoms with Crippen molar-refractivity contribution in [2.45, 2.75) is 381 Å². The minimum Gasteiger partial charge on any atom is -0.244 e. The summed E-state index contributed by atoms with van der Waals surface area (Å²) in [6.45, 7) is 47.2. The lowest BCUT2D eigenvalue weighted by Gasteiger charge is -2.44. The molecule has 0 heterocycles. The Hall–Kier alpha value is -0.770. The summed E-state index contributed by atoms with van der Waals surface area (Å²) < 4.78 is 143. The molecule has 4 aliphatic carbocycles. The molecule has 11 heteroatoms. The maximum absolute atomic E-state index is 14.4. The molecule has 0 bridgehead atoms. The first kappa shape index (κ1) is 84.7. The predicted octanol–water partition coefficient (Wildman–Crippen LogP) is 27.2. The summed E-state index contributed by atoms with van der Waals surface area (Å²) in [6.07, 6.45) is 14.2. The van der Waals surface area contributed by atoms with Crippen LogP contribution in [0.1, 0.15) is 346 Å². The van der Waals surface area contributed by atoms with E-state index in [1.165, 1.54) is 46.0 Å². The van der Waals surface area contributed by atoms with Crippen molar-refractivity contribution in [2.75, 3.05) is 0 Å². The molecule has 4 saturated carbocycles. The van der Waals surface area contributed by atoms with Gasteiger partial charge in [-0.05, 0) is 131 Å². The standard InChI is InChI=1S/C13H25F3.C12H20F2.C12H25F.C8H13F3.C7H13F.C6H13F.2C5H12/c1-6-10(7-2)12(5,13(14,15)16)11(8-3)9-4;1-10-2-4-11(5-3-10)6-8-12(13,14)9-7-11;1-6-10(7-2)12(5,13)11(8-3)9-4;1-7(8(9,10)11)5-3-2-4-6-7;1-7(8)5-3-2-4-6-7;1-4-6(3,7)5-2;2*1-5(2,3)4/h10-11H,6-9H2,1-5H3;10H,2-9H2,1H3;10-11H,6-9H2,1-5H3;2-6H2,1H3;2-6H2,1H3;4-5H2,1-3H3;2*1-4H3. The Labute approximate surface area is 484 Å². The van der Waals surface area contributed by atoms with Crippen LogP contribution in [-0.4, -0.2) is 35.3 Å². The van der Waals surface area contributed by atoms with Gasteiger partial charge in [0, 0.05) is 12.8 Å². The van der Waals surface area contributed by atoms with E-state index in [4.69, 9.17) is 0 Å². The van der Waals surface area contributed by atoms with Gasteiger partial charge in [-0.15, -0.1) is 0 Å². The molecule has 0 radical (unpaired) electrons. The first-order chi connectivity index (χ1) is 35.6. The van der Waals surface area contributed by atoms with Gasteiger partial charge in [0.05, 0.1) is 10.8 Å². The number of hydrogen-bond acceptors (Lipinski definition) is 0. The number of alkyl halides is 11. The summed E-state index contributed by atoms with van der Waals surface area (Å²) in [7, 11) is 0. The van der Waals surface area contributed by atoms with Crippen LogP contribution in [0.2, 0.25) is 0 Å². The summed E-state index contributed by atoms with van der Waals surface area (Å²) >= 11 is 0. The number of halogens is 11. The van der Waals surface area contributed by atoms with Crippen LogP contribution < -0.4 is 0 Å². The van der Waals surface area contributed by atoms with E-state index >= 15 is 0 Å². The SMILES string of the molecule is CC(C)(C)C.CC(C)(C)C.CC1(C(F)(F)F)CCCCC1.CC1(F)CCCCC1.CC1CCC2(CC1)CCC(F)(F)CC2.CCC(C)(F)CC.CCC(CC)C(C)(C(CC)CC)C(F)(F)F.CCC(CC)C(C)(F)C(CC)CC. The second kappa shape index (κ2) is 38.3. The van der Waals surface area contributed by atoms with Crippen LogP contribution in [0, 0.1) is 56.7 Å². The second-order valence-corrected chi connectivity index (χ2v) is 29.2. The fourth-order valence-corrected chi connectivity index (χ4v) is 11.8. The average Bonchev–Trinajstić information content (AvgIpc) is 3.32. The van der Waals surface area contributed by atoms with E-state index in [2.05, 4.69) is 90.0 Å². The molecule has 4 fully saturated rings. The molecule has 0 amide bonds. The van der Waals surface area contributed by atoms with E-state index in [1.807, 2.05) is 41.5 Å². The Bertz CT molecular complexity index is 1360. The topological polar surface area (TPSA) is 0 Å². The first-order valence-electron chi connectivity index (χ1n) is 32.2. The maximum Gasteiger partial charge on any atom is 0.394 e. The van der Waals surface area contributed by atoms with Crippen LogP contribution in [0.15, 0.2) is 0 Å². The van der Waals surface area contributed by atoms with Crippen molar-refractivity contribution in [1.82, 2.24) is 0 Å². The Morgan fingerprint density at radius 3 is 0.861 bits per heavy atom. The zero-order chi connectivity index (χ0) is 63.2. The van der Waals surface area contributed by atoms with Crippen LogP contribution in [0.25, 0.3) is 0 Å². The van der Waals surface area contributed by atoms with Crippen LogP contribution in [-0.2, 0) is 0 Å². The molecule has 0 aromatic carbocycles. The quantitative estimate of drug-likeness (QED) is 0.152. The lowest BCUT2D eigenvalue weighted by molar-refractivity contribution is -0.258. The van der Waals surface area contributed by atoms with Gasteiger partial charge in [-0.25, -0.2) is 22.0 Å². The molecule has 4 rings (SSSR count). The lowest BCUT2D eigenvalue weighted by atomic mass is 9.63. The third-order valence-corrected chi connectivity index (χ3v) is 18.2. The van der Waals surface area contributed by atoms with E-state index < -0.39 is 46.1 Å². The minimum atomic E-state index is -4.10. The molecule has 4 aliphatic rings. The molecule has 0 aromatic rings. The molecule has 79 heavy (non-hydrogen) atoms. The van der Waals surface area contributed by atoms with Gasteiger partial charge in [0.2, 0.25) is 5.92 Å². The van der Waals surface area contributed by atoms with Gasteiger partial charge >= 0.3 is 12.4 Å². The Morgan fingerprint density at radius 1 is 0.392 bits per heavy atom. The number of hydrogen-bond donors (Lipinski definition) is 0. The molecule has 0 nitrogen and oxygen atoms in total. The van der Waals surface area contributed by atoms with Crippen LogP contribution >= 0.6 is 0 Å². The van der Waals surface area contributed by atoms with Crippen LogP contribution in [0.4, 0.5) is 48.3 Å². The zero-order valence-electron chi connectivity index (χ0n) is 56.3. The summed E-state index contributed by atoms with van der Waals surface area (Å²) in [6, 6.07) is 0. The van der Waals surface area contributed by atoms with E-state index in [0.29, 0.717) is 67.6 Å².